The Bertz CT molecular complexity index is 406. The molecule has 0 atom stereocenters. The van der Waals surface area contributed by atoms with Gasteiger partial charge in [0.1, 0.15) is 0 Å². The molecule has 1 aromatic rings. The lowest BCUT2D eigenvalue weighted by atomic mass is 10.2. The molecule has 0 aliphatic heterocycles. The number of benzene rings is 1. The molecule has 16 heavy (non-hydrogen) atoms. The number of hydrogen-bond donors (Lipinski definition) is 1. The summed E-state index contributed by atoms with van der Waals surface area (Å²) in [4.78, 5) is 11.5. The number of ether oxygens (including phenoxy) is 1. The second kappa shape index (κ2) is 5.99. The van der Waals surface area contributed by atoms with Crippen molar-refractivity contribution >= 4 is 23.3 Å². The maximum Gasteiger partial charge on any atom is 0.338 e. The van der Waals surface area contributed by atoms with Crippen LogP contribution < -0.4 is 5.73 Å². The van der Waals surface area contributed by atoms with Crippen molar-refractivity contribution in [3.8, 4) is 6.07 Å². The standard InChI is InChI=1S/C11H11ClN2O2/c12-9-5-8(6-10(14)7-9)11(15)16-4-2-1-3-13/h5-7H,1-2,4,14H2. The maximum absolute atomic E-state index is 11.5. The van der Waals surface area contributed by atoms with Crippen LogP contribution in [0.1, 0.15) is 23.2 Å². The van der Waals surface area contributed by atoms with E-state index in [1.807, 2.05) is 6.07 Å². The van der Waals surface area contributed by atoms with Gasteiger partial charge in [-0.1, -0.05) is 11.6 Å². The van der Waals surface area contributed by atoms with Crippen LogP contribution in [-0.4, -0.2) is 12.6 Å². The molecule has 1 rings (SSSR count). The highest BCUT2D eigenvalue weighted by Crippen LogP contribution is 2.17. The predicted octanol–water partition coefficient (Wildman–Crippen LogP) is 2.38. The largest absolute Gasteiger partial charge is 0.462 e. The average molecular weight is 239 g/mol. The second-order valence-electron chi connectivity index (χ2n) is 3.17. The minimum Gasteiger partial charge on any atom is -0.462 e. The van der Waals surface area contributed by atoms with Crippen LogP contribution in [-0.2, 0) is 4.74 Å². The first-order valence-electron chi connectivity index (χ1n) is 4.73. The fourth-order valence-corrected chi connectivity index (χ4v) is 1.37. The van der Waals surface area contributed by atoms with E-state index < -0.39 is 5.97 Å². The van der Waals surface area contributed by atoms with Crippen LogP contribution in [0.5, 0.6) is 0 Å². The van der Waals surface area contributed by atoms with E-state index in [9.17, 15) is 4.79 Å². The highest BCUT2D eigenvalue weighted by Gasteiger charge is 2.08. The molecule has 2 N–H and O–H groups in total. The molecule has 1 aromatic carbocycles. The van der Waals surface area contributed by atoms with E-state index >= 15 is 0 Å². The third kappa shape index (κ3) is 3.79. The SMILES string of the molecule is N#CCCCOC(=O)c1cc(N)cc(Cl)c1. The average Bonchev–Trinajstić information content (AvgIpc) is 2.22. The van der Waals surface area contributed by atoms with Gasteiger partial charge in [-0.05, 0) is 24.6 Å². The molecule has 0 unspecified atom stereocenters. The third-order valence-electron chi connectivity index (χ3n) is 1.82. The number of nitrogens with zero attached hydrogens (tertiary/aromatic N) is 1. The van der Waals surface area contributed by atoms with Gasteiger partial charge in [0.15, 0.2) is 0 Å². The van der Waals surface area contributed by atoms with Gasteiger partial charge in [-0.3, -0.25) is 0 Å². The summed E-state index contributed by atoms with van der Waals surface area (Å²) in [5.74, 6) is -0.480. The number of unbranched alkanes of at least 4 members (excludes halogenated alkanes) is 1. The smallest absolute Gasteiger partial charge is 0.338 e. The molecular formula is C11H11ClN2O2. The first-order chi connectivity index (χ1) is 7.63. The first kappa shape index (κ1) is 12.3. The van der Waals surface area contributed by atoms with Crippen LogP contribution in [0.25, 0.3) is 0 Å². The molecule has 0 radical (unpaired) electrons. The lowest BCUT2D eigenvalue weighted by molar-refractivity contribution is 0.0502. The monoisotopic (exact) mass is 238 g/mol. The fourth-order valence-electron chi connectivity index (χ4n) is 1.13. The fraction of sp³-hybridized carbons (Fsp3) is 0.273. The van der Waals surface area contributed by atoms with Gasteiger partial charge in [0, 0.05) is 17.1 Å². The van der Waals surface area contributed by atoms with Gasteiger partial charge in [-0.25, -0.2) is 4.79 Å². The Hall–Kier alpha value is -1.73. The summed E-state index contributed by atoms with van der Waals surface area (Å²) in [5, 5.41) is 8.69. The molecule has 0 heterocycles. The molecule has 0 saturated heterocycles. The summed E-state index contributed by atoms with van der Waals surface area (Å²) in [7, 11) is 0. The summed E-state index contributed by atoms with van der Waals surface area (Å²) >= 11 is 5.75. The predicted molar refractivity (Wildman–Crippen MR) is 61.0 cm³/mol. The van der Waals surface area contributed by atoms with Gasteiger partial charge in [-0.2, -0.15) is 5.26 Å². The van der Waals surface area contributed by atoms with Crippen molar-refractivity contribution in [1.29, 1.82) is 5.26 Å². The number of esters is 1. The van der Waals surface area contributed by atoms with Gasteiger partial charge in [-0.15, -0.1) is 0 Å². The highest BCUT2D eigenvalue weighted by molar-refractivity contribution is 6.31. The zero-order chi connectivity index (χ0) is 12.0. The molecule has 0 aliphatic rings. The number of hydrogen-bond acceptors (Lipinski definition) is 4. The van der Waals surface area contributed by atoms with Crippen molar-refractivity contribution in [3.63, 3.8) is 0 Å². The number of carbonyl (C=O) groups is 1. The van der Waals surface area contributed by atoms with Gasteiger partial charge in [0.05, 0.1) is 18.2 Å². The summed E-state index contributed by atoms with van der Waals surface area (Å²) in [6, 6.07) is 6.51. The molecule has 4 nitrogen and oxygen atoms in total. The zero-order valence-electron chi connectivity index (χ0n) is 8.57. The number of anilines is 1. The molecule has 0 amide bonds. The summed E-state index contributed by atoms with van der Waals surface area (Å²) < 4.78 is 4.94. The van der Waals surface area contributed by atoms with Crippen LogP contribution in [0.3, 0.4) is 0 Å². The Morgan fingerprint density at radius 1 is 1.50 bits per heavy atom. The van der Waals surface area contributed by atoms with Gasteiger partial charge >= 0.3 is 5.97 Å². The van der Waals surface area contributed by atoms with Crippen LogP contribution >= 0.6 is 11.6 Å². The lowest BCUT2D eigenvalue weighted by Crippen LogP contribution is -2.07. The van der Waals surface area contributed by atoms with E-state index in [0.717, 1.165) is 0 Å². The maximum atomic E-state index is 11.5. The van der Waals surface area contributed by atoms with Crippen molar-refractivity contribution < 1.29 is 9.53 Å². The third-order valence-corrected chi connectivity index (χ3v) is 2.04. The summed E-state index contributed by atoms with van der Waals surface area (Å²) in [6.07, 6.45) is 0.892. The van der Waals surface area contributed by atoms with Crippen LogP contribution in [0.4, 0.5) is 5.69 Å². The van der Waals surface area contributed by atoms with Crippen LogP contribution in [0.15, 0.2) is 18.2 Å². The van der Waals surface area contributed by atoms with E-state index in [1.165, 1.54) is 12.1 Å². The number of halogens is 1. The minimum atomic E-state index is -0.480. The van der Waals surface area contributed by atoms with E-state index in [4.69, 9.17) is 27.3 Å². The summed E-state index contributed by atoms with van der Waals surface area (Å²) in [5.41, 5.74) is 6.27. The Kier molecular flexibility index (Phi) is 4.62. The molecule has 0 bridgehead atoms. The highest BCUT2D eigenvalue weighted by atomic mass is 35.5. The second-order valence-corrected chi connectivity index (χ2v) is 3.61. The van der Waals surface area contributed by atoms with Crippen molar-refractivity contribution in [3.05, 3.63) is 28.8 Å². The van der Waals surface area contributed by atoms with E-state index in [1.54, 1.807) is 6.07 Å². The molecule has 0 aliphatic carbocycles. The lowest BCUT2D eigenvalue weighted by Gasteiger charge is -2.04. The number of nitrogen functional groups attached to an aromatic ring is 1. The number of carbonyl (C=O) groups excluding carboxylic acids is 1. The van der Waals surface area contributed by atoms with Crippen molar-refractivity contribution in [2.45, 2.75) is 12.8 Å². The van der Waals surface area contributed by atoms with Crippen LogP contribution in [0.2, 0.25) is 5.02 Å². The molecule has 0 fully saturated rings. The molecule has 0 spiro atoms. The van der Waals surface area contributed by atoms with Crippen molar-refractivity contribution in [1.82, 2.24) is 0 Å². The molecule has 0 aromatic heterocycles. The Morgan fingerprint density at radius 2 is 2.25 bits per heavy atom. The van der Waals surface area contributed by atoms with Gasteiger partial charge in [0.2, 0.25) is 0 Å². The molecule has 5 heteroatoms. The topological polar surface area (TPSA) is 76.1 Å². The minimum absolute atomic E-state index is 0.221. The molecule has 0 saturated carbocycles. The van der Waals surface area contributed by atoms with Gasteiger partial charge < -0.3 is 10.5 Å². The van der Waals surface area contributed by atoms with E-state index in [2.05, 4.69) is 0 Å². The number of nitrogens with two attached hydrogens (primary N) is 1. The molecular weight excluding hydrogens is 228 g/mol. The van der Waals surface area contributed by atoms with E-state index in [-0.39, 0.29) is 6.61 Å². The van der Waals surface area contributed by atoms with Crippen LogP contribution in [0, 0.1) is 11.3 Å². The first-order valence-corrected chi connectivity index (χ1v) is 5.11. The zero-order valence-corrected chi connectivity index (χ0v) is 9.33. The van der Waals surface area contributed by atoms with E-state index in [0.29, 0.717) is 29.1 Å². The Morgan fingerprint density at radius 3 is 2.88 bits per heavy atom. The normalized spacial score (nSPS) is 9.50. The number of rotatable bonds is 4. The Balaban J connectivity index is 2.56. The summed E-state index contributed by atoms with van der Waals surface area (Å²) in [6.45, 7) is 0.221. The van der Waals surface area contributed by atoms with Crippen molar-refractivity contribution in [2.75, 3.05) is 12.3 Å². The number of nitriles is 1. The molecule has 84 valence electrons. The quantitative estimate of drug-likeness (QED) is 0.496. The Labute approximate surface area is 98.6 Å². The van der Waals surface area contributed by atoms with Gasteiger partial charge in [0.25, 0.3) is 0 Å². The van der Waals surface area contributed by atoms with Crippen molar-refractivity contribution in [2.24, 2.45) is 0 Å².